The lowest BCUT2D eigenvalue weighted by Gasteiger charge is -2.07. The molecule has 0 bridgehead atoms. The normalized spacial score (nSPS) is 12.2. The van der Waals surface area contributed by atoms with Gasteiger partial charge in [0.05, 0.1) is 7.11 Å². The minimum Gasteiger partial charge on any atom is -0.497 e. The molecule has 0 aliphatic carbocycles. The topological polar surface area (TPSA) is 35.2 Å². The Hall–Kier alpha value is -1.80. The van der Waals surface area contributed by atoms with E-state index in [1.165, 1.54) is 16.7 Å². The average molecular weight is 241 g/mol. The van der Waals surface area contributed by atoms with Gasteiger partial charge in [-0.3, -0.25) is 0 Å². The Morgan fingerprint density at radius 1 is 0.944 bits per heavy atom. The van der Waals surface area contributed by atoms with Crippen LogP contribution < -0.4 is 10.5 Å². The van der Waals surface area contributed by atoms with E-state index in [1.54, 1.807) is 7.11 Å². The molecule has 1 unspecified atom stereocenters. The van der Waals surface area contributed by atoms with E-state index in [0.717, 1.165) is 12.2 Å². The van der Waals surface area contributed by atoms with E-state index in [1.807, 2.05) is 19.1 Å². The van der Waals surface area contributed by atoms with Crippen molar-refractivity contribution in [1.29, 1.82) is 0 Å². The van der Waals surface area contributed by atoms with Gasteiger partial charge in [0, 0.05) is 6.04 Å². The summed E-state index contributed by atoms with van der Waals surface area (Å²) < 4.78 is 5.15. The predicted octanol–water partition coefficient (Wildman–Crippen LogP) is 3.25. The van der Waals surface area contributed by atoms with Crippen LogP contribution in [-0.4, -0.2) is 13.2 Å². The molecule has 0 aliphatic rings. The minimum atomic E-state index is 0.205. The van der Waals surface area contributed by atoms with Gasteiger partial charge in [0.2, 0.25) is 0 Å². The molecule has 0 spiro atoms. The van der Waals surface area contributed by atoms with Gasteiger partial charge in [-0.1, -0.05) is 36.4 Å². The highest BCUT2D eigenvalue weighted by Gasteiger charge is 2.00. The third kappa shape index (κ3) is 3.11. The highest BCUT2D eigenvalue weighted by Crippen LogP contribution is 2.22. The van der Waals surface area contributed by atoms with Crippen LogP contribution in [0.2, 0.25) is 0 Å². The Bertz CT molecular complexity index is 486. The van der Waals surface area contributed by atoms with Crippen LogP contribution in [0.3, 0.4) is 0 Å². The van der Waals surface area contributed by atoms with Gasteiger partial charge in [-0.15, -0.1) is 0 Å². The Labute approximate surface area is 108 Å². The summed E-state index contributed by atoms with van der Waals surface area (Å²) in [6.45, 7) is 2.03. The number of ether oxygens (including phenoxy) is 1. The van der Waals surface area contributed by atoms with Gasteiger partial charge >= 0.3 is 0 Å². The molecule has 2 nitrogen and oxygen atoms in total. The molecule has 2 rings (SSSR count). The molecular formula is C16H19NO. The number of rotatable bonds is 4. The van der Waals surface area contributed by atoms with E-state index >= 15 is 0 Å². The van der Waals surface area contributed by atoms with E-state index in [2.05, 4.69) is 36.4 Å². The zero-order valence-electron chi connectivity index (χ0n) is 10.9. The second-order valence-electron chi connectivity index (χ2n) is 4.61. The summed E-state index contributed by atoms with van der Waals surface area (Å²) in [4.78, 5) is 0. The molecule has 0 fully saturated rings. The summed E-state index contributed by atoms with van der Waals surface area (Å²) in [5.41, 5.74) is 9.48. The monoisotopic (exact) mass is 241 g/mol. The highest BCUT2D eigenvalue weighted by atomic mass is 16.5. The van der Waals surface area contributed by atoms with Gasteiger partial charge in [-0.2, -0.15) is 0 Å². The van der Waals surface area contributed by atoms with E-state index in [9.17, 15) is 0 Å². The van der Waals surface area contributed by atoms with Gasteiger partial charge in [-0.05, 0) is 42.2 Å². The lowest BCUT2D eigenvalue weighted by Crippen LogP contribution is -2.17. The van der Waals surface area contributed by atoms with Crippen molar-refractivity contribution in [3.8, 4) is 16.9 Å². The van der Waals surface area contributed by atoms with Gasteiger partial charge < -0.3 is 10.5 Å². The fourth-order valence-electron chi connectivity index (χ4n) is 1.99. The molecule has 0 heterocycles. The van der Waals surface area contributed by atoms with Crippen molar-refractivity contribution in [2.45, 2.75) is 19.4 Å². The van der Waals surface area contributed by atoms with Crippen LogP contribution in [0.15, 0.2) is 48.5 Å². The van der Waals surface area contributed by atoms with Crippen LogP contribution in [0, 0.1) is 0 Å². The van der Waals surface area contributed by atoms with Crippen LogP contribution in [0.5, 0.6) is 5.75 Å². The molecule has 2 aromatic carbocycles. The van der Waals surface area contributed by atoms with Gasteiger partial charge in [0.15, 0.2) is 0 Å². The zero-order valence-corrected chi connectivity index (χ0v) is 10.9. The summed E-state index contributed by atoms with van der Waals surface area (Å²) in [7, 11) is 1.68. The van der Waals surface area contributed by atoms with Gasteiger partial charge in [-0.25, -0.2) is 0 Å². The predicted molar refractivity (Wildman–Crippen MR) is 75.8 cm³/mol. The Morgan fingerprint density at radius 3 is 1.89 bits per heavy atom. The molecule has 0 aromatic heterocycles. The smallest absolute Gasteiger partial charge is 0.118 e. The molecule has 2 N–H and O–H groups in total. The average Bonchev–Trinajstić information content (AvgIpc) is 2.39. The van der Waals surface area contributed by atoms with Crippen LogP contribution in [0.4, 0.5) is 0 Å². The number of hydrogen-bond donors (Lipinski definition) is 1. The van der Waals surface area contributed by atoms with Crippen molar-refractivity contribution >= 4 is 0 Å². The molecule has 0 amide bonds. The SMILES string of the molecule is COc1ccc(-c2ccc(CC(C)N)cc2)cc1. The maximum Gasteiger partial charge on any atom is 0.118 e. The van der Waals surface area contributed by atoms with E-state index in [0.29, 0.717) is 0 Å². The van der Waals surface area contributed by atoms with E-state index in [-0.39, 0.29) is 6.04 Å². The fourth-order valence-corrected chi connectivity index (χ4v) is 1.99. The lowest BCUT2D eigenvalue weighted by molar-refractivity contribution is 0.415. The van der Waals surface area contributed by atoms with Crippen molar-refractivity contribution in [2.24, 2.45) is 5.73 Å². The standard InChI is InChI=1S/C16H19NO/c1-12(17)11-13-3-5-14(6-4-13)15-7-9-16(18-2)10-8-15/h3-10,12H,11,17H2,1-2H3. The summed E-state index contributed by atoms with van der Waals surface area (Å²) in [6, 6.07) is 16.9. The van der Waals surface area contributed by atoms with Crippen molar-refractivity contribution < 1.29 is 4.74 Å². The Morgan fingerprint density at radius 2 is 1.44 bits per heavy atom. The third-order valence-corrected chi connectivity index (χ3v) is 2.93. The van der Waals surface area contributed by atoms with Crippen LogP contribution in [-0.2, 0) is 6.42 Å². The number of benzene rings is 2. The van der Waals surface area contributed by atoms with Crippen LogP contribution in [0.1, 0.15) is 12.5 Å². The molecule has 0 saturated carbocycles. The van der Waals surface area contributed by atoms with Gasteiger partial charge in [0.25, 0.3) is 0 Å². The molecule has 2 aromatic rings. The van der Waals surface area contributed by atoms with Gasteiger partial charge in [0.1, 0.15) is 5.75 Å². The van der Waals surface area contributed by atoms with Crippen LogP contribution >= 0.6 is 0 Å². The zero-order chi connectivity index (χ0) is 13.0. The van der Waals surface area contributed by atoms with E-state index in [4.69, 9.17) is 10.5 Å². The first-order valence-electron chi connectivity index (χ1n) is 6.18. The van der Waals surface area contributed by atoms with Crippen LogP contribution in [0.25, 0.3) is 11.1 Å². The number of hydrogen-bond acceptors (Lipinski definition) is 2. The Balaban J connectivity index is 2.17. The fraction of sp³-hybridized carbons (Fsp3) is 0.250. The first-order chi connectivity index (χ1) is 8.69. The lowest BCUT2D eigenvalue weighted by atomic mass is 10.0. The third-order valence-electron chi connectivity index (χ3n) is 2.93. The molecule has 0 radical (unpaired) electrons. The first kappa shape index (κ1) is 12.7. The quantitative estimate of drug-likeness (QED) is 0.891. The minimum absolute atomic E-state index is 0.205. The van der Waals surface area contributed by atoms with E-state index < -0.39 is 0 Å². The van der Waals surface area contributed by atoms with Crippen molar-refractivity contribution in [3.63, 3.8) is 0 Å². The molecule has 1 atom stereocenters. The molecule has 0 aliphatic heterocycles. The molecule has 94 valence electrons. The number of methoxy groups -OCH3 is 1. The Kier molecular flexibility index (Phi) is 4.00. The molecule has 18 heavy (non-hydrogen) atoms. The summed E-state index contributed by atoms with van der Waals surface area (Å²) >= 11 is 0. The summed E-state index contributed by atoms with van der Waals surface area (Å²) in [6.07, 6.45) is 0.920. The molecule has 2 heteroatoms. The highest BCUT2D eigenvalue weighted by molar-refractivity contribution is 5.64. The molecular weight excluding hydrogens is 222 g/mol. The van der Waals surface area contributed by atoms with Crippen molar-refractivity contribution in [2.75, 3.05) is 7.11 Å². The second-order valence-corrected chi connectivity index (χ2v) is 4.61. The largest absolute Gasteiger partial charge is 0.497 e. The second kappa shape index (κ2) is 5.69. The van der Waals surface area contributed by atoms with Crippen molar-refractivity contribution in [3.05, 3.63) is 54.1 Å². The first-order valence-corrected chi connectivity index (χ1v) is 6.18. The summed E-state index contributed by atoms with van der Waals surface area (Å²) in [5, 5.41) is 0. The molecule has 0 saturated heterocycles. The maximum absolute atomic E-state index is 5.79. The summed E-state index contributed by atoms with van der Waals surface area (Å²) in [5.74, 6) is 0.882. The number of nitrogens with two attached hydrogens (primary N) is 1. The van der Waals surface area contributed by atoms with Crippen molar-refractivity contribution in [1.82, 2.24) is 0 Å². The maximum atomic E-state index is 5.79.